The lowest BCUT2D eigenvalue weighted by atomic mass is 9.53. The van der Waals surface area contributed by atoms with Gasteiger partial charge in [-0.15, -0.1) is 0 Å². The minimum Gasteiger partial charge on any atom is -0.334 e. The summed E-state index contributed by atoms with van der Waals surface area (Å²) in [6, 6.07) is 4.92. The van der Waals surface area contributed by atoms with Crippen molar-refractivity contribution in [2.45, 2.75) is 51.0 Å². The highest BCUT2D eigenvalue weighted by Crippen LogP contribution is 2.54. The Hall–Kier alpha value is -1.42. The Morgan fingerprint density at radius 1 is 1.22 bits per heavy atom. The number of hydrogen-bond acceptors (Lipinski definition) is 1. The summed E-state index contributed by atoms with van der Waals surface area (Å²) in [4.78, 5) is 12.2. The zero-order valence-corrected chi connectivity index (χ0v) is 13.8. The number of amides is 1. The molecule has 0 spiro atoms. The van der Waals surface area contributed by atoms with Crippen molar-refractivity contribution in [1.29, 1.82) is 0 Å². The summed E-state index contributed by atoms with van der Waals surface area (Å²) in [5.41, 5.74) is 1.44. The van der Waals surface area contributed by atoms with E-state index in [1.807, 2.05) is 13.0 Å². The summed E-state index contributed by atoms with van der Waals surface area (Å²) < 4.78 is 13.8. The largest absolute Gasteiger partial charge is 0.334 e. The third-order valence-corrected chi connectivity index (χ3v) is 6.20. The summed E-state index contributed by atoms with van der Waals surface area (Å²) in [6.45, 7) is 2.25. The Balaban J connectivity index is 1.36. The van der Waals surface area contributed by atoms with Crippen molar-refractivity contribution in [3.8, 4) is 0 Å². The number of nitrogens with two attached hydrogens (primary N) is 1. The third kappa shape index (κ3) is 3.01. The van der Waals surface area contributed by atoms with Crippen molar-refractivity contribution in [2.75, 3.05) is 11.9 Å². The van der Waals surface area contributed by atoms with E-state index < -0.39 is 0 Å². The van der Waals surface area contributed by atoms with Crippen LogP contribution in [0.15, 0.2) is 18.2 Å². The molecule has 4 aliphatic carbocycles. The normalized spacial score (nSPS) is 34.6. The lowest BCUT2D eigenvalue weighted by molar-refractivity contribution is -0.729. The number of carbonyl (C=O) groups is 1. The maximum Gasteiger partial charge on any atom is 0.279 e. The molecule has 3 N–H and O–H groups in total. The minimum absolute atomic E-state index is 0.0940. The van der Waals surface area contributed by atoms with E-state index in [0.717, 1.165) is 23.3 Å². The topological polar surface area (TPSA) is 45.7 Å². The molecule has 4 aliphatic rings. The summed E-state index contributed by atoms with van der Waals surface area (Å²) >= 11 is 0. The molecule has 4 bridgehead atoms. The van der Waals surface area contributed by atoms with E-state index in [1.54, 1.807) is 6.07 Å². The van der Waals surface area contributed by atoms with Gasteiger partial charge in [0.25, 0.3) is 5.91 Å². The van der Waals surface area contributed by atoms with Crippen LogP contribution in [-0.4, -0.2) is 18.0 Å². The molecule has 0 atom stereocenters. The highest BCUT2D eigenvalue weighted by atomic mass is 19.1. The van der Waals surface area contributed by atoms with Crippen molar-refractivity contribution in [1.82, 2.24) is 0 Å². The van der Waals surface area contributed by atoms with Gasteiger partial charge in [-0.25, -0.2) is 4.39 Å². The molecule has 0 saturated heterocycles. The number of benzene rings is 1. The summed E-state index contributed by atoms with van der Waals surface area (Å²) in [6.07, 6.45) is 8.04. The first-order chi connectivity index (χ1) is 11.0. The van der Waals surface area contributed by atoms with Gasteiger partial charge in [0.2, 0.25) is 0 Å². The molecule has 0 aliphatic heterocycles. The van der Waals surface area contributed by atoms with Crippen molar-refractivity contribution >= 4 is 11.6 Å². The summed E-state index contributed by atoms with van der Waals surface area (Å²) in [5.74, 6) is 2.21. The fourth-order valence-corrected chi connectivity index (χ4v) is 5.66. The quantitative estimate of drug-likeness (QED) is 0.881. The van der Waals surface area contributed by atoms with Crippen LogP contribution < -0.4 is 10.6 Å². The molecule has 1 amide bonds. The van der Waals surface area contributed by atoms with Gasteiger partial charge in [-0.2, -0.15) is 0 Å². The van der Waals surface area contributed by atoms with Gasteiger partial charge in [0.1, 0.15) is 5.82 Å². The van der Waals surface area contributed by atoms with Gasteiger partial charge in [-0.3, -0.25) is 4.79 Å². The van der Waals surface area contributed by atoms with E-state index >= 15 is 0 Å². The summed E-state index contributed by atoms with van der Waals surface area (Å²) in [5, 5.41) is 4.99. The Morgan fingerprint density at radius 3 is 2.39 bits per heavy atom. The van der Waals surface area contributed by atoms with Crippen LogP contribution in [0, 0.1) is 30.5 Å². The van der Waals surface area contributed by atoms with Gasteiger partial charge in [-0.05, 0) is 61.6 Å². The average Bonchev–Trinajstić information content (AvgIpc) is 2.47. The highest BCUT2D eigenvalue weighted by molar-refractivity contribution is 5.91. The molecule has 1 aromatic rings. The standard InChI is InChI=1S/C19H25FN2O/c1-12-2-3-17(16(20)4-12)22-18(23)11-21-19-8-13-5-14(9-19)7-15(6-13)10-19/h2-4,13-15,21H,5-11H2,1H3,(H,22,23)/p+1. The second kappa shape index (κ2) is 5.59. The van der Waals surface area contributed by atoms with E-state index in [4.69, 9.17) is 0 Å². The monoisotopic (exact) mass is 317 g/mol. The number of hydrogen-bond donors (Lipinski definition) is 2. The Labute approximate surface area is 137 Å². The van der Waals surface area contributed by atoms with E-state index in [2.05, 4.69) is 10.6 Å². The first kappa shape index (κ1) is 15.1. The molecule has 4 saturated carbocycles. The smallest absolute Gasteiger partial charge is 0.279 e. The van der Waals surface area contributed by atoms with Crippen molar-refractivity contribution in [3.63, 3.8) is 0 Å². The SMILES string of the molecule is Cc1ccc(NC(=O)C[NH2+]C23CC4CC(CC(C4)C2)C3)c(F)c1. The molecule has 23 heavy (non-hydrogen) atoms. The molecule has 0 unspecified atom stereocenters. The highest BCUT2D eigenvalue weighted by Gasteiger charge is 2.53. The number of anilines is 1. The van der Waals surface area contributed by atoms with Gasteiger partial charge in [0, 0.05) is 19.3 Å². The van der Waals surface area contributed by atoms with E-state index in [-0.39, 0.29) is 17.3 Å². The zero-order chi connectivity index (χ0) is 16.0. The van der Waals surface area contributed by atoms with E-state index in [0.29, 0.717) is 12.2 Å². The Kier molecular flexibility index (Phi) is 3.67. The molecule has 0 aromatic heterocycles. The van der Waals surface area contributed by atoms with Crippen LogP contribution >= 0.6 is 0 Å². The van der Waals surface area contributed by atoms with Gasteiger partial charge < -0.3 is 10.6 Å². The first-order valence-corrected chi connectivity index (χ1v) is 8.92. The maximum atomic E-state index is 13.8. The van der Waals surface area contributed by atoms with Gasteiger partial charge in [-0.1, -0.05) is 6.07 Å². The molecular weight excluding hydrogens is 291 g/mol. The number of halogens is 1. The van der Waals surface area contributed by atoms with Gasteiger partial charge >= 0.3 is 0 Å². The molecule has 5 rings (SSSR count). The molecule has 3 nitrogen and oxygen atoms in total. The molecular formula is C19H26FN2O+. The zero-order valence-electron chi connectivity index (χ0n) is 13.8. The fraction of sp³-hybridized carbons (Fsp3) is 0.632. The van der Waals surface area contributed by atoms with Crippen LogP contribution in [0.2, 0.25) is 0 Å². The number of rotatable bonds is 4. The number of carbonyl (C=O) groups excluding carboxylic acids is 1. The molecule has 0 heterocycles. The predicted molar refractivity (Wildman–Crippen MR) is 87.5 cm³/mol. The Bertz CT molecular complexity index is 593. The first-order valence-electron chi connectivity index (χ1n) is 8.92. The lowest BCUT2D eigenvalue weighted by Gasteiger charge is -2.54. The lowest BCUT2D eigenvalue weighted by Crippen LogP contribution is -3.00. The Morgan fingerprint density at radius 2 is 1.83 bits per heavy atom. The fourth-order valence-electron chi connectivity index (χ4n) is 5.66. The number of nitrogens with one attached hydrogen (secondary N) is 1. The van der Waals surface area contributed by atoms with Crippen LogP contribution in [0.25, 0.3) is 0 Å². The van der Waals surface area contributed by atoms with Gasteiger partial charge in [0.15, 0.2) is 6.54 Å². The number of aryl methyl sites for hydroxylation is 1. The van der Waals surface area contributed by atoms with Crippen LogP contribution in [0.3, 0.4) is 0 Å². The predicted octanol–water partition coefficient (Wildman–Crippen LogP) is 2.60. The molecule has 1 aromatic carbocycles. The van der Waals surface area contributed by atoms with Crippen LogP contribution in [0.5, 0.6) is 0 Å². The van der Waals surface area contributed by atoms with Crippen LogP contribution in [-0.2, 0) is 4.79 Å². The van der Waals surface area contributed by atoms with E-state index in [9.17, 15) is 9.18 Å². The summed E-state index contributed by atoms with van der Waals surface area (Å²) in [7, 11) is 0. The van der Waals surface area contributed by atoms with Crippen molar-refractivity contribution in [3.05, 3.63) is 29.6 Å². The molecule has 4 heteroatoms. The molecule has 124 valence electrons. The minimum atomic E-state index is -0.354. The van der Waals surface area contributed by atoms with Gasteiger partial charge in [0.05, 0.1) is 11.2 Å². The van der Waals surface area contributed by atoms with Crippen LogP contribution in [0.1, 0.15) is 44.1 Å². The number of quaternary nitrogens is 1. The van der Waals surface area contributed by atoms with Crippen LogP contribution in [0.4, 0.5) is 10.1 Å². The van der Waals surface area contributed by atoms with Crippen molar-refractivity contribution < 1.29 is 14.5 Å². The third-order valence-electron chi connectivity index (χ3n) is 6.20. The van der Waals surface area contributed by atoms with E-state index in [1.165, 1.54) is 44.6 Å². The maximum absolute atomic E-state index is 13.8. The molecule has 4 fully saturated rings. The molecule has 0 radical (unpaired) electrons. The second-order valence-corrected chi connectivity index (χ2v) is 8.22. The second-order valence-electron chi connectivity index (χ2n) is 8.22. The average molecular weight is 317 g/mol. The van der Waals surface area contributed by atoms with Crippen molar-refractivity contribution in [2.24, 2.45) is 17.8 Å².